The number of hydrogen-bond acceptors (Lipinski definition) is 4. The molecule has 0 bridgehead atoms. The third kappa shape index (κ3) is 3.19. The van der Waals surface area contributed by atoms with Crippen molar-refractivity contribution in [1.82, 2.24) is 14.7 Å². The number of morpholine rings is 1. The molecule has 1 aliphatic heterocycles. The lowest BCUT2D eigenvalue weighted by molar-refractivity contribution is -0.0229. The fourth-order valence-electron chi connectivity index (χ4n) is 2.54. The van der Waals surface area contributed by atoms with E-state index >= 15 is 0 Å². The topological polar surface area (TPSA) is 67.6 Å². The van der Waals surface area contributed by atoms with Gasteiger partial charge in [-0.15, -0.1) is 0 Å². The van der Waals surface area contributed by atoms with Crippen molar-refractivity contribution in [2.75, 3.05) is 19.7 Å². The Morgan fingerprint density at radius 3 is 2.87 bits per heavy atom. The standard InChI is InChI=1S/C16H18FN3O3/c1-2-13-9-19(7-8-23-13)16(22)15-14(21)10-20(18-15)12-5-3-11(17)4-6-12/h3-6,10,13,21H,2,7-9H2,1H3. The molecule has 3 rings (SSSR count). The first-order chi connectivity index (χ1) is 11.1. The maximum atomic E-state index is 13.0. The maximum absolute atomic E-state index is 13.0. The Balaban J connectivity index is 1.83. The van der Waals surface area contributed by atoms with Gasteiger partial charge in [-0.1, -0.05) is 6.92 Å². The van der Waals surface area contributed by atoms with E-state index in [4.69, 9.17) is 4.74 Å². The minimum absolute atomic E-state index is 0.00826. The molecule has 0 saturated carbocycles. The molecule has 1 N–H and O–H groups in total. The first kappa shape index (κ1) is 15.5. The van der Waals surface area contributed by atoms with Crippen LogP contribution in [0.25, 0.3) is 5.69 Å². The van der Waals surface area contributed by atoms with Crippen molar-refractivity contribution in [1.29, 1.82) is 0 Å². The normalized spacial score (nSPS) is 18.2. The molecule has 2 aromatic rings. The minimum atomic E-state index is -0.361. The monoisotopic (exact) mass is 319 g/mol. The molecule has 1 aromatic carbocycles. The van der Waals surface area contributed by atoms with Gasteiger partial charge in [0.25, 0.3) is 5.91 Å². The predicted molar refractivity (Wildman–Crippen MR) is 81.1 cm³/mol. The largest absolute Gasteiger partial charge is 0.504 e. The van der Waals surface area contributed by atoms with Crippen molar-refractivity contribution in [2.45, 2.75) is 19.4 Å². The van der Waals surface area contributed by atoms with Crippen LogP contribution in [0.5, 0.6) is 5.75 Å². The summed E-state index contributed by atoms with van der Waals surface area (Å²) in [5.74, 6) is -0.885. The quantitative estimate of drug-likeness (QED) is 0.939. The number of benzene rings is 1. The number of aromatic nitrogens is 2. The molecular weight excluding hydrogens is 301 g/mol. The average Bonchev–Trinajstić information content (AvgIpc) is 2.96. The van der Waals surface area contributed by atoms with Crippen LogP contribution in [0.1, 0.15) is 23.8 Å². The first-order valence-electron chi connectivity index (χ1n) is 7.54. The third-order valence-corrected chi connectivity index (χ3v) is 3.87. The van der Waals surface area contributed by atoms with Crippen molar-refractivity contribution in [3.63, 3.8) is 0 Å². The average molecular weight is 319 g/mol. The SMILES string of the molecule is CCC1CN(C(=O)c2nn(-c3ccc(F)cc3)cc2O)CCO1. The van der Waals surface area contributed by atoms with Crippen molar-refractivity contribution in [2.24, 2.45) is 0 Å². The summed E-state index contributed by atoms with van der Waals surface area (Å²) in [6.45, 7) is 3.43. The van der Waals surface area contributed by atoms with E-state index in [1.54, 1.807) is 4.90 Å². The summed E-state index contributed by atoms with van der Waals surface area (Å²) < 4.78 is 19.9. The van der Waals surface area contributed by atoms with E-state index in [1.807, 2.05) is 6.92 Å². The lowest BCUT2D eigenvalue weighted by Crippen LogP contribution is -2.45. The van der Waals surface area contributed by atoms with Crippen molar-refractivity contribution in [3.05, 3.63) is 42.0 Å². The van der Waals surface area contributed by atoms with Gasteiger partial charge in [0.1, 0.15) is 5.82 Å². The number of carbonyl (C=O) groups excluding carboxylic acids is 1. The van der Waals surface area contributed by atoms with E-state index in [1.165, 1.54) is 35.1 Å². The van der Waals surface area contributed by atoms with Gasteiger partial charge in [-0.2, -0.15) is 5.10 Å². The number of carbonyl (C=O) groups is 1. The molecule has 1 fully saturated rings. The number of halogens is 1. The molecule has 1 saturated heterocycles. The maximum Gasteiger partial charge on any atom is 0.278 e. The molecule has 1 atom stereocenters. The van der Waals surface area contributed by atoms with E-state index in [-0.39, 0.29) is 29.3 Å². The minimum Gasteiger partial charge on any atom is -0.504 e. The van der Waals surface area contributed by atoms with Gasteiger partial charge in [-0.25, -0.2) is 9.07 Å². The van der Waals surface area contributed by atoms with Gasteiger partial charge in [0.15, 0.2) is 11.4 Å². The molecule has 122 valence electrons. The second-order valence-corrected chi connectivity index (χ2v) is 5.44. The van der Waals surface area contributed by atoms with Gasteiger partial charge in [-0.05, 0) is 30.7 Å². The lowest BCUT2D eigenvalue weighted by Gasteiger charge is -2.32. The lowest BCUT2D eigenvalue weighted by atomic mass is 10.2. The second kappa shape index (κ2) is 6.37. The van der Waals surface area contributed by atoms with Gasteiger partial charge in [0, 0.05) is 13.1 Å². The van der Waals surface area contributed by atoms with E-state index < -0.39 is 0 Å². The molecule has 23 heavy (non-hydrogen) atoms. The Kier molecular flexibility index (Phi) is 4.29. The smallest absolute Gasteiger partial charge is 0.278 e. The summed E-state index contributed by atoms with van der Waals surface area (Å²) in [5, 5.41) is 14.2. The van der Waals surface area contributed by atoms with Gasteiger partial charge in [-0.3, -0.25) is 4.79 Å². The molecule has 1 aliphatic rings. The summed E-state index contributed by atoms with van der Waals surface area (Å²) >= 11 is 0. The first-order valence-corrected chi connectivity index (χ1v) is 7.54. The number of ether oxygens (including phenoxy) is 1. The van der Waals surface area contributed by atoms with E-state index in [2.05, 4.69) is 5.10 Å². The highest BCUT2D eigenvalue weighted by Gasteiger charge is 2.27. The van der Waals surface area contributed by atoms with Crippen LogP contribution in [0.4, 0.5) is 4.39 Å². The van der Waals surface area contributed by atoms with E-state index in [0.717, 1.165) is 6.42 Å². The van der Waals surface area contributed by atoms with Crippen LogP contribution in [0.15, 0.2) is 30.5 Å². The molecule has 7 heteroatoms. The van der Waals surface area contributed by atoms with Crippen LogP contribution in [-0.2, 0) is 4.74 Å². The number of rotatable bonds is 3. The molecule has 1 amide bonds. The Bertz CT molecular complexity index is 699. The van der Waals surface area contributed by atoms with Crippen LogP contribution in [-0.4, -0.2) is 51.5 Å². The van der Waals surface area contributed by atoms with Gasteiger partial charge < -0.3 is 14.7 Å². The summed E-state index contributed by atoms with van der Waals surface area (Å²) in [5.41, 5.74) is 0.556. The third-order valence-electron chi connectivity index (χ3n) is 3.87. The zero-order valence-electron chi connectivity index (χ0n) is 12.8. The zero-order valence-corrected chi connectivity index (χ0v) is 12.8. The van der Waals surface area contributed by atoms with Crippen LogP contribution in [0, 0.1) is 5.82 Å². The van der Waals surface area contributed by atoms with Gasteiger partial charge >= 0.3 is 0 Å². The Labute approximate surface area is 133 Å². The molecule has 0 radical (unpaired) electrons. The van der Waals surface area contributed by atoms with Crippen LogP contribution >= 0.6 is 0 Å². The zero-order chi connectivity index (χ0) is 16.4. The summed E-state index contributed by atoms with van der Waals surface area (Å²) in [6.07, 6.45) is 2.17. The number of aromatic hydroxyl groups is 1. The van der Waals surface area contributed by atoms with Gasteiger partial charge in [0.2, 0.25) is 0 Å². The number of hydrogen-bond donors (Lipinski definition) is 1. The molecule has 2 heterocycles. The molecule has 0 aliphatic carbocycles. The van der Waals surface area contributed by atoms with Gasteiger partial charge in [0.05, 0.1) is 24.6 Å². The van der Waals surface area contributed by atoms with Crippen molar-refractivity contribution in [3.8, 4) is 11.4 Å². The molecule has 0 spiro atoms. The highest BCUT2D eigenvalue weighted by atomic mass is 19.1. The molecule has 1 unspecified atom stereocenters. The van der Waals surface area contributed by atoms with E-state index in [0.29, 0.717) is 25.4 Å². The van der Waals surface area contributed by atoms with E-state index in [9.17, 15) is 14.3 Å². The fourth-order valence-corrected chi connectivity index (χ4v) is 2.54. The Morgan fingerprint density at radius 2 is 2.17 bits per heavy atom. The van der Waals surface area contributed by atoms with Crippen LogP contribution in [0.2, 0.25) is 0 Å². The summed E-state index contributed by atoms with van der Waals surface area (Å²) in [7, 11) is 0. The summed E-state index contributed by atoms with van der Waals surface area (Å²) in [4.78, 5) is 14.2. The molecule has 1 aromatic heterocycles. The predicted octanol–water partition coefficient (Wildman–Crippen LogP) is 1.97. The highest BCUT2D eigenvalue weighted by molar-refractivity contribution is 5.95. The van der Waals surface area contributed by atoms with Crippen LogP contribution < -0.4 is 0 Å². The Hall–Kier alpha value is -2.41. The second-order valence-electron chi connectivity index (χ2n) is 5.44. The van der Waals surface area contributed by atoms with Crippen molar-refractivity contribution >= 4 is 5.91 Å². The molecular formula is C16H18FN3O3. The highest BCUT2D eigenvalue weighted by Crippen LogP contribution is 2.21. The molecule has 6 nitrogen and oxygen atoms in total. The Morgan fingerprint density at radius 1 is 1.43 bits per heavy atom. The van der Waals surface area contributed by atoms with Crippen LogP contribution in [0.3, 0.4) is 0 Å². The fraction of sp³-hybridized carbons (Fsp3) is 0.375. The van der Waals surface area contributed by atoms with Crippen molar-refractivity contribution < 1.29 is 19.0 Å². The number of nitrogens with zero attached hydrogens (tertiary/aromatic N) is 3. The summed E-state index contributed by atoms with van der Waals surface area (Å²) in [6, 6.07) is 5.64. The number of amides is 1.